The van der Waals surface area contributed by atoms with Crippen LogP contribution >= 0.6 is 23.1 Å². The number of piperidine rings is 1. The molecule has 1 amide bonds. The van der Waals surface area contributed by atoms with Crippen LogP contribution in [-0.2, 0) is 0 Å². The summed E-state index contributed by atoms with van der Waals surface area (Å²) in [6.07, 6.45) is 3.48. The molecule has 27 heavy (non-hydrogen) atoms. The molecule has 1 aliphatic heterocycles. The molecule has 5 nitrogen and oxygen atoms in total. The second-order valence-electron chi connectivity index (χ2n) is 6.42. The second-order valence-corrected chi connectivity index (χ2v) is 8.73. The first-order valence-electron chi connectivity index (χ1n) is 9.14. The average Bonchev–Trinajstić information content (AvgIpc) is 3.40. The fourth-order valence-electron chi connectivity index (χ4n) is 3.32. The van der Waals surface area contributed by atoms with Gasteiger partial charge in [-0.15, -0.1) is 22.0 Å². The van der Waals surface area contributed by atoms with E-state index in [0.717, 1.165) is 57.9 Å². The summed E-state index contributed by atoms with van der Waals surface area (Å²) in [7, 11) is 0. The minimum atomic E-state index is 0.138. The van der Waals surface area contributed by atoms with Crippen LogP contribution in [0.1, 0.15) is 41.0 Å². The van der Waals surface area contributed by atoms with E-state index in [9.17, 15) is 4.79 Å². The Kier molecular flexibility index (Phi) is 5.59. The minimum Gasteiger partial charge on any atom is -0.462 e. The van der Waals surface area contributed by atoms with Crippen LogP contribution in [0.3, 0.4) is 0 Å². The van der Waals surface area contributed by atoms with Gasteiger partial charge in [0.1, 0.15) is 5.01 Å². The molecular weight excluding hydrogens is 378 g/mol. The lowest BCUT2D eigenvalue weighted by Crippen LogP contribution is -2.38. The van der Waals surface area contributed by atoms with E-state index in [-0.39, 0.29) is 5.91 Å². The Bertz CT molecular complexity index is 900. The van der Waals surface area contributed by atoms with Crippen LogP contribution in [0.15, 0.2) is 52.0 Å². The van der Waals surface area contributed by atoms with Gasteiger partial charge in [-0.1, -0.05) is 30.4 Å². The molecule has 2 aromatic heterocycles. The number of aromatic nitrogens is 2. The smallest absolute Gasteiger partial charge is 0.254 e. The molecule has 0 bridgehead atoms. The normalized spacial score (nSPS) is 15.2. The number of benzene rings is 1. The van der Waals surface area contributed by atoms with Gasteiger partial charge in [-0.3, -0.25) is 4.79 Å². The Morgan fingerprint density at radius 1 is 1.22 bits per heavy atom. The van der Waals surface area contributed by atoms with Crippen molar-refractivity contribution in [3.63, 3.8) is 0 Å². The van der Waals surface area contributed by atoms with Gasteiger partial charge in [0, 0.05) is 23.9 Å². The summed E-state index contributed by atoms with van der Waals surface area (Å²) in [6.45, 7) is 3.62. The lowest BCUT2D eigenvalue weighted by atomic mass is 9.97. The molecule has 7 heteroatoms. The van der Waals surface area contributed by atoms with Crippen LogP contribution in [0.4, 0.5) is 0 Å². The standard InChI is InChI=1S/C20H21N3O2S2/c1-2-26-17-8-4-3-6-15(17)20(24)23-11-9-14(10-12-23)18-21-22-19(27-18)16-7-5-13-25-16/h3-8,13-14H,2,9-12H2,1H3. The molecule has 1 fully saturated rings. The number of hydrogen-bond donors (Lipinski definition) is 0. The van der Waals surface area contributed by atoms with Gasteiger partial charge in [0.15, 0.2) is 10.8 Å². The highest BCUT2D eigenvalue weighted by atomic mass is 32.2. The molecule has 140 valence electrons. The van der Waals surface area contributed by atoms with E-state index in [1.165, 1.54) is 0 Å². The third kappa shape index (κ3) is 3.94. The van der Waals surface area contributed by atoms with Gasteiger partial charge < -0.3 is 9.32 Å². The van der Waals surface area contributed by atoms with Crippen molar-refractivity contribution in [2.24, 2.45) is 0 Å². The first kappa shape index (κ1) is 18.3. The molecule has 0 spiro atoms. The maximum Gasteiger partial charge on any atom is 0.254 e. The number of rotatable bonds is 5. The Balaban J connectivity index is 1.41. The number of hydrogen-bond acceptors (Lipinski definition) is 6. The number of carbonyl (C=O) groups excluding carboxylic acids is 1. The van der Waals surface area contributed by atoms with E-state index in [4.69, 9.17) is 4.42 Å². The van der Waals surface area contributed by atoms with E-state index >= 15 is 0 Å². The van der Waals surface area contributed by atoms with E-state index in [1.54, 1.807) is 29.4 Å². The summed E-state index contributed by atoms with van der Waals surface area (Å²) in [5, 5.41) is 10.5. The molecule has 1 aliphatic rings. The fourth-order valence-corrected chi connectivity index (χ4v) is 5.10. The summed E-state index contributed by atoms with van der Waals surface area (Å²) in [5.41, 5.74) is 0.818. The van der Waals surface area contributed by atoms with Crippen molar-refractivity contribution in [2.45, 2.75) is 30.6 Å². The summed E-state index contributed by atoms with van der Waals surface area (Å²) >= 11 is 3.31. The number of amides is 1. The maximum atomic E-state index is 13.0. The van der Waals surface area contributed by atoms with Crippen molar-refractivity contribution in [1.82, 2.24) is 15.1 Å². The highest BCUT2D eigenvalue weighted by Crippen LogP contribution is 2.34. The minimum absolute atomic E-state index is 0.138. The molecule has 3 heterocycles. The Labute approximate surface area is 166 Å². The van der Waals surface area contributed by atoms with Gasteiger partial charge in [-0.2, -0.15) is 0 Å². The summed E-state index contributed by atoms with van der Waals surface area (Å²) in [4.78, 5) is 16.0. The van der Waals surface area contributed by atoms with Gasteiger partial charge >= 0.3 is 0 Å². The molecule has 0 radical (unpaired) electrons. The molecule has 1 aromatic carbocycles. The first-order valence-corrected chi connectivity index (χ1v) is 10.9. The van der Waals surface area contributed by atoms with E-state index in [2.05, 4.69) is 17.1 Å². The zero-order valence-electron chi connectivity index (χ0n) is 15.1. The van der Waals surface area contributed by atoms with E-state index in [0.29, 0.717) is 5.92 Å². The summed E-state index contributed by atoms with van der Waals surface area (Å²) < 4.78 is 5.40. The fraction of sp³-hybridized carbons (Fsp3) is 0.350. The highest BCUT2D eigenvalue weighted by molar-refractivity contribution is 7.99. The predicted octanol–water partition coefficient (Wildman–Crippen LogP) is 4.93. The second kappa shape index (κ2) is 8.27. The van der Waals surface area contributed by atoms with Crippen LogP contribution in [0.5, 0.6) is 0 Å². The lowest BCUT2D eigenvalue weighted by Gasteiger charge is -2.31. The third-order valence-electron chi connectivity index (χ3n) is 4.72. The van der Waals surface area contributed by atoms with Crippen molar-refractivity contribution in [1.29, 1.82) is 0 Å². The molecular formula is C20H21N3O2S2. The number of likely N-dealkylation sites (tertiary alicyclic amines) is 1. The Hall–Kier alpha value is -2.12. The third-order valence-corrected chi connectivity index (χ3v) is 6.78. The first-order chi connectivity index (χ1) is 13.3. The van der Waals surface area contributed by atoms with Crippen LogP contribution in [0, 0.1) is 0 Å². The zero-order chi connectivity index (χ0) is 18.6. The van der Waals surface area contributed by atoms with Gasteiger partial charge in [0.25, 0.3) is 5.91 Å². The largest absolute Gasteiger partial charge is 0.462 e. The van der Waals surface area contributed by atoms with Crippen LogP contribution in [0.25, 0.3) is 10.8 Å². The predicted molar refractivity (Wildman–Crippen MR) is 108 cm³/mol. The van der Waals surface area contributed by atoms with Crippen LogP contribution in [-0.4, -0.2) is 39.8 Å². The topological polar surface area (TPSA) is 59.2 Å². The molecule has 1 saturated heterocycles. The zero-order valence-corrected chi connectivity index (χ0v) is 16.8. The van der Waals surface area contributed by atoms with E-state index < -0.39 is 0 Å². The van der Waals surface area contributed by atoms with Crippen molar-refractivity contribution in [3.05, 3.63) is 53.2 Å². The number of thioether (sulfide) groups is 1. The molecule has 4 rings (SSSR count). The molecule has 0 atom stereocenters. The molecule has 0 saturated carbocycles. The molecule has 3 aromatic rings. The molecule has 0 aliphatic carbocycles. The summed E-state index contributed by atoms with van der Waals surface area (Å²) in [5.74, 6) is 2.21. The Morgan fingerprint density at radius 2 is 2.04 bits per heavy atom. The summed E-state index contributed by atoms with van der Waals surface area (Å²) in [6, 6.07) is 11.7. The quantitative estimate of drug-likeness (QED) is 0.569. The Morgan fingerprint density at radius 3 is 2.78 bits per heavy atom. The molecule has 0 N–H and O–H groups in total. The number of furan rings is 1. The van der Waals surface area contributed by atoms with Crippen molar-refractivity contribution >= 4 is 29.0 Å². The van der Waals surface area contributed by atoms with Gasteiger partial charge in [0.2, 0.25) is 0 Å². The monoisotopic (exact) mass is 399 g/mol. The van der Waals surface area contributed by atoms with Crippen LogP contribution < -0.4 is 0 Å². The van der Waals surface area contributed by atoms with Crippen molar-refractivity contribution in [2.75, 3.05) is 18.8 Å². The van der Waals surface area contributed by atoms with Gasteiger partial charge in [-0.25, -0.2) is 0 Å². The van der Waals surface area contributed by atoms with Crippen LogP contribution in [0.2, 0.25) is 0 Å². The van der Waals surface area contributed by atoms with E-state index in [1.807, 2.05) is 41.3 Å². The van der Waals surface area contributed by atoms with Gasteiger partial charge in [-0.05, 0) is 42.9 Å². The number of nitrogens with zero attached hydrogens (tertiary/aromatic N) is 3. The maximum absolute atomic E-state index is 13.0. The van der Waals surface area contributed by atoms with Crippen molar-refractivity contribution in [3.8, 4) is 10.8 Å². The van der Waals surface area contributed by atoms with Gasteiger partial charge in [0.05, 0.1) is 11.8 Å². The lowest BCUT2D eigenvalue weighted by molar-refractivity contribution is 0.0709. The average molecular weight is 400 g/mol. The molecule has 0 unspecified atom stereocenters. The SMILES string of the molecule is CCSc1ccccc1C(=O)N1CCC(c2nnc(-c3ccco3)s2)CC1. The highest BCUT2D eigenvalue weighted by Gasteiger charge is 2.28. The number of carbonyl (C=O) groups is 1. The van der Waals surface area contributed by atoms with Crippen molar-refractivity contribution < 1.29 is 9.21 Å².